The van der Waals surface area contributed by atoms with Crippen LogP contribution in [-0.4, -0.2) is 36.4 Å². The number of carbonyl (C=O) groups excluding carboxylic acids is 2. The molecule has 0 aromatic carbocycles. The number of rotatable bonds is 30. The molecule has 0 aromatic heterocycles. The molecule has 40 heavy (non-hydrogen) atoms. The molecule has 0 aliphatic heterocycles. The summed E-state index contributed by atoms with van der Waals surface area (Å²) in [5.41, 5.74) is 0. The first-order valence-electron chi connectivity index (χ1n) is 17.3. The largest absolute Gasteiger partial charge is 0.462 e. The molecule has 0 aliphatic rings. The zero-order chi connectivity index (χ0) is 29.7. The van der Waals surface area contributed by atoms with Crippen LogP contribution in [0.1, 0.15) is 182 Å². The SMILES string of the molecule is CC(C)CCCCCCCCCCCCCC(=O)OCC(CO)OC(=O)CCCCCCCCCCCC(C)C. The molecule has 0 heterocycles. The van der Waals surface area contributed by atoms with Crippen LogP contribution in [-0.2, 0) is 19.1 Å². The molecule has 0 spiro atoms. The number of carbonyl (C=O) groups is 2. The first-order valence-corrected chi connectivity index (χ1v) is 17.3. The molecule has 0 amide bonds. The Bertz CT molecular complexity index is 560. The number of ether oxygens (including phenoxy) is 2. The average molecular weight is 569 g/mol. The van der Waals surface area contributed by atoms with Crippen molar-refractivity contribution in [2.24, 2.45) is 11.8 Å². The van der Waals surface area contributed by atoms with E-state index in [4.69, 9.17) is 9.47 Å². The van der Waals surface area contributed by atoms with Crippen LogP contribution in [0.5, 0.6) is 0 Å². The van der Waals surface area contributed by atoms with Gasteiger partial charge in [-0.3, -0.25) is 9.59 Å². The zero-order valence-electron chi connectivity index (χ0n) is 27.2. The normalized spacial score (nSPS) is 12.3. The van der Waals surface area contributed by atoms with Crippen LogP contribution in [0.2, 0.25) is 0 Å². The standard InChI is InChI=1S/C35H68O5/c1-31(2)25-21-17-13-9-6-5-7-11-15-19-23-27-34(37)39-30-33(29-36)40-35(38)28-24-20-16-12-8-10-14-18-22-26-32(3)4/h31-33,36H,5-30H2,1-4H3. The molecule has 1 unspecified atom stereocenters. The fraction of sp³-hybridized carbons (Fsp3) is 0.943. The highest BCUT2D eigenvalue weighted by Crippen LogP contribution is 2.15. The van der Waals surface area contributed by atoms with Gasteiger partial charge in [0.1, 0.15) is 6.61 Å². The molecule has 5 heteroatoms. The van der Waals surface area contributed by atoms with Crippen LogP contribution in [0.15, 0.2) is 0 Å². The Balaban J connectivity index is 3.55. The maximum Gasteiger partial charge on any atom is 0.306 e. The van der Waals surface area contributed by atoms with Gasteiger partial charge in [0.25, 0.3) is 0 Å². The van der Waals surface area contributed by atoms with Crippen LogP contribution in [0.4, 0.5) is 0 Å². The highest BCUT2D eigenvalue weighted by Gasteiger charge is 2.16. The van der Waals surface area contributed by atoms with E-state index in [0.717, 1.165) is 50.4 Å². The Morgan fingerprint density at radius 2 is 0.825 bits per heavy atom. The molecule has 0 rings (SSSR count). The summed E-state index contributed by atoms with van der Waals surface area (Å²) < 4.78 is 10.6. The van der Waals surface area contributed by atoms with Crippen LogP contribution >= 0.6 is 0 Å². The predicted molar refractivity (Wildman–Crippen MR) is 168 cm³/mol. The summed E-state index contributed by atoms with van der Waals surface area (Å²) in [5.74, 6) is 1.07. The third-order valence-corrected chi connectivity index (χ3v) is 7.76. The number of aliphatic hydroxyl groups excluding tert-OH is 1. The average Bonchev–Trinajstić information content (AvgIpc) is 2.91. The maximum atomic E-state index is 12.1. The van der Waals surface area contributed by atoms with Gasteiger partial charge < -0.3 is 14.6 Å². The van der Waals surface area contributed by atoms with Crippen molar-refractivity contribution in [3.63, 3.8) is 0 Å². The van der Waals surface area contributed by atoms with Gasteiger partial charge in [0.15, 0.2) is 6.10 Å². The van der Waals surface area contributed by atoms with Gasteiger partial charge in [-0.05, 0) is 24.7 Å². The smallest absolute Gasteiger partial charge is 0.306 e. The minimum absolute atomic E-state index is 0.0598. The van der Waals surface area contributed by atoms with E-state index in [0.29, 0.717) is 12.8 Å². The second-order valence-electron chi connectivity index (χ2n) is 12.9. The monoisotopic (exact) mass is 569 g/mol. The lowest BCUT2D eigenvalue weighted by molar-refractivity contribution is -0.161. The molecule has 0 saturated carbocycles. The summed E-state index contributed by atoms with van der Waals surface area (Å²) in [7, 11) is 0. The van der Waals surface area contributed by atoms with Crippen molar-refractivity contribution in [2.75, 3.05) is 13.2 Å². The zero-order valence-corrected chi connectivity index (χ0v) is 27.2. The molecule has 0 saturated heterocycles. The van der Waals surface area contributed by atoms with Gasteiger partial charge in [-0.25, -0.2) is 0 Å². The summed E-state index contributed by atoms with van der Waals surface area (Å²) in [4.78, 5) is 24.1. The van der Waals surface area contributed by atoms with Crippen molar-refractivity contribution in [1.29, 1.82) is 0 Å². The minimum atomic E-state index is -0.762. The number of esters is 2. The van der Waals surface area contributed by atoms with E-state index >= 15 is 0 Å². The quantitative estimate of drug-likeness (QED) is 0.0689. The number of hydrogen-bond donors (Lipinski definition) is 1. The summed E-state index contributed by atoms with van der Waals surface area (Å²) in [6, 6.07) is 0. The Labute approximate surface area is 248 Å². The molecule has 0 aliphatic carbocycles. The summed E-state index contributed by atoms with van der Waals surface area (Å²) in [6.45, 7) is 8.79. The first kappa shape index (κ1) is 38.9. The highest BCUT2D eigenvalue weighted by molar-refractivity contribution is 5.70. The molecule has 1 atom stereocenters. The van der Waals surface area contributed by atoms with Gasteiger partial charge in [-0.2, -0.15) is 0 Å². The van der Waals surface area contributed by atoms with Crippen molar-refractivity contribution < 1.29 is 24.2 Å². The van der Waals surface area contributed by atoms with E-state index in [1.54, 1.807) is 0 Å². The molecule has 5 nitrogen and oxygen atoms in total. The van der Waals surface area contributed by atoms with E-state index in [1.165, 1.54) is 103 Å². The van der Waals surface area contributed by atoms with Gasteiger partial charge in [0.2, 0.25) is 0 Å². The van der Waals surface area contributed by atoms with Gasteiger partial charge in [0.05, 0.1) is 6.61 Å². The van der Waals surface area contributed by atoms with Crippen molar-refractivity contribution in [3.8, 4) is 0 Å². The van der Waals surface area contributed by atoms with Gasteiger partial charge in [0, 0.05) is 12.8 Å². The Kier molecular flexibility index (Phi) is 28.6. The van der Waals surface area contributed by atoms with E-state index < -0.39 is 6.10 Å². The summed E-state index contributed by atoms with van der Waals surface area (Å²) in [5, 5.41) is 9.50. The predicted octanol–water partition coefficient (Wildman–Crippen LogP) is 10.1. The van der Waals surface area contributed by atoms with Crippen LogP contribution in [0, 0.1) is 11.8 Å². The summed E-state index contributed by atoms with van der Waals surface area (Å²) >= 11 is 0. The lowest BCUT2D eigenvalue weighted by Crippen LogP contribution is -2.28. The fourth-order valence-corrected chi connectivity index (χ4v) is 5.10. The molecule has 0 fully saturated rings. The van der Waals surface area contributed by atoms with Crippen LogP contribution in [0.25, 0.3) is 0 Å². The van der Waals surface area contributed by atoms with Crippen LogP contribution < -0.4 is 0 Å². The summed E-state index contributed by atoms with van der Waals surface area (Å²) in [6.07, 6.45) is 27.3. The van der Waals surface area contributed by atoms with E-state index in [-0.39, 0.29) is 25.2 Å². The highest BCUT2D eigenvalue weighted by atomic mass is 16.6. The van der Waals surface area contributed by atoms with Crippen molar-refractivity contribution in [2.45, 2.75) is 188 Å². The van der Waals surface area contributed by atoms with Crippen LogP contribution in [0.3, 0.4) is 0 Å². The van der Waals surface area contributed by atoms with Crippen molar-refractivity contribution in [1.82, 2.24) is 0 Å². The molecular weight excluding hydrogens is 500 g/mol. The fourth-order valence-electron chi connectivity index (χ4n) is 5.10. The lowest BCUT2D eigenvalue weighted by atomic mass is 10.0. The third-order valence-electron chi connectivity index (χ3n) is 7.76. The number of aliphatic hydroxyl groups is 1. The topological polar surface area (TPSA) is 72.8 Å². The second-order valence-corrected chi connectivity index (χ2v) is 12.9. The first-order chi connectivity index (χ1) is 19.3. The Hall–Kier alpha value is -1.10. The lowest BCUT2D eigenvalue weighted by Gasteiger charge is -2.15. The van der Waals surface area contributed by atoms with E-state index in [1.807, 2.05) is 0 Å². The Morgan fingerprint density at radius 3 is 1.18 bits per heavy atom. The second kappa shape index (κ2) is 29.4. The van der Waals surface area contributed by atoms with E-state index in [9.17, 15) is 14.7 Å². The van der Waals surface area contributed by atoms with Gasteiger partial charge in [-0.15, -0.1) is 0 Å². The van der Waals surface area contributed by atoms with Gasteiger partial charge >= 0.3 is 11.9 Å². The molecular formula is C35H68O5. The molecule has 0 radical (unpaired) electrons. The number of unbranched alkanes of at least 4 members (excludes halogenated alkanes) is 18. The Morgan fingerprint density at radius 1 is 0.500 bits per heavy atom. The molecule has 238 valence electrons. The molecule has 0 bridgehead atoms. The number of hydrogen-bond acceptors (Lipinski definition) is 5. The third kappa shape index (κ3) is 29.9. The van der Waals surface area contributed by atoms with E-state index in [2.05, 4.69) is 27.7 Å². The van der Waals surface area contributed by atoms with Crippen molar-refractivity contribution >= 4 is 11.9 Å². The van der Waals surface area contributed by atoms with Crippen molar-refractivity contribution in [3.05, 3.63) is 0 Å². The maximum absolute atomic E-state index is 12.1. The minimum Gasteiger partial charge on any atom is -0.462 e. The molecule has 0 aromatic rings. The van der Waals surface area contributed by atoms with Gasteiger partial charge in [-0.1, -0.05) is 156 Å². The molecule has 1 N–H and O–H groups in total.